The summed E-state index contributed by atoms with van der Waals surface area (Å²) >= 11 is 0. The molecule has 0 aliphatic rings. The molecule has 1 heterocycles. The van der Waals surface area contributed by atoms with E-state index in [0.29, 0.717) is 6.41 Å². The Morgan fingerprint density at radius 3 is 2.90 bits per heavy atom. The SMILES string of the molecule is Nc1nonc1NNC=O. The van der Waals surface area contributed by atoms with Crippen molar-refractivity contribution in [1.29, 1.82) is 0 Å². The van der Waals surface area contributed by atoms with Gasteiger partial charge in [0.25, 0.3) is 0 Å². The van der Waals surface area contributed by atoms with Crippen LogP contribution in [0.2, 0.25) is 0 Å². The second kappa shape index (κ2) is 2.67. The van der Waals surface area contributed by atoms with E-state index in [1.807, 2.05) is 0 Å². The maximum atomic E-state index is 9.72. The molecule has 4 N–H and O–H groups in total. The van der Waals surface area contributed by atoms with Crippen molar-refractivity contribution >= 4 is 18.0 Å². The first-order chi connectivity index (χ1) is 4.84. The number of amides is 1. The average molecular weight is 143 g/mol. The van der Waals surface area contributed by atoms with Crippen molar-refractivity contribution in [3.8, 4) is 0 Å². The molecular formula is C3H5N5O2. The highest BCUT2D eigenvalue weighted by Gasteiger charge is 2.02. The monoisotopic (exact) mass is 143 g/mol. The number of nitrogens with one attached hydrogen (secondary N) is 2. The van der Waals surface area contributed by atoms with Crippen LogP contribution in [0.5, 0.6) is 0 Å². The molecule has 0 bridgehead atoms. The Kier molecular flexibility index (Phi) is 1.69. The van der Waals surface area contributed by atoms with Gasteiger partial charge in [0.1, 0.15) is 0 Å². The van der Waals surface area contributed by atoms with Gasteiger partial charge in [-0.05, 0) is 10.3 Å². The average Bonchev–Trinajstić information content (AvgIpc) is 2.31. The quantitative estimate of drug-likeness (QED) is 0.359. The summed E-state index contributed by atoms with van der Waals surface area (Å²) in [4.78, 5) is 9.72. The summed E-state index contributed by atoms with van der Waals surface area (Å²) in [6.07, 6.45) is 0.439. The number of nitrogens with zero attached hydrogens (tertiary/aromatic N) is 2. The number of nitrogens with two attached hydrogens (primary N) is 1. The lowest BCUT2D eigenvalue weighted by Gasteiger charge is -1.95. The Balaban J connectivity index is 2.56. The molecule has 7 heteroatoms. The first kappa shape index (κ1) is 6.33. The third-order valence-electron chi connectivity index (χ3n) is 0.763. The summed E-state index contributed by atoms with van der Waals surface area (Å²) < 4.78 is 4.20. The van der Waals surface area contributed by atoms with Gasteiger partial charge in [0.15, 0.2) is 0 Å². The van der Waals surface area contributed by atoms with Gasteiger partial charge in [0.05, 0.1) is 0 Å². The van der Waals surface area contributed by atoms with Gasteiger partial charge in [-0.15, -0.1) is 0 Å². The van der Waals surface area contributed by atoms with E-state index < -0.39 is 0 Å². The lowest BCUT2D eigenvalue weighted by molar-refractivity contribution is -0.109. The summed E-state index contributed by atoms with van der Waals surface area (Å²) in [5.41, 5.74) is 9.65. The fraction of sp³-hybridized carbons (Fsp3) is 0. The summed E-state index contributed by atoms with van der Waals surface area (Å²) in [5.74, 6) is 0.279. The molecule has 0 spiro atoms. The number of carbonyl (C=O) groups is 1. The standard InChI is InChI=1S/C3H5N5O2/c4-2-3(6-5-1-9)8-10-7-2/h1H,(H2,4,7)(H,5,9)(H,6,8). The molecule has 7 nitrogen and oxygen atoms in total. The van der Waals surface area contributed by atoms with E-state index >= 15 is 0 Å². The highest BCUT2D eigenvalue weighted by Crippen LogP contribution is 2.07. The van der Waals surface area contributed by atoms with Gasteiger partial charge in [-0.25, -0.2) is 4.63 Å². The van der Waals surface area contributed by atoms with Gasteiger partial charge in [-0.1, -0.05) is 0 Å². The van der Waals surface area contributed by atoms with E-state index in [0.717, 1.165) is 0 Å². The molecule has 0 aliphatic heterocycles. The van der Waals surface area contributed by atoms with Crippen molar-refractivity contribution in [3.63, 3.8) is 0 Å². The smallest absolute Gasteiger partial charge is 0.233 e. The normalized spacial score (nSPS) is 8.80. The minimum Gasteiger partial charge on any atom is -0.378 e. The maximum Gasteiger partial charge on any atom is 0.233 e. The molecule has 0 atom stereocenters. The van der Waals surface area contributed by atoms with Gasteiger partial charge in [-0.2, -0.15) is 0 Å². The second-order valence-electron chi connectivity index (χ2n) is 1.39. The molecule has 1 aromatic rings. The largest absolute Gasteiger partial charge is 0.378 e. The molecule has 1 amide bonds. The van der Waals surface area contributed by atoms with Crippen LogP contribution in [0.1, 0.15) is 0 Å². The zero-order valence-corrected chi connectivity index (χ0v) is 4.87. The van der Waals surface area contributed by atoms with Crippen molar-refractivity contribution in [2.45, 2.75) is 0 Å². The molecule has 10 heavy (non-hydrogen) atoms. The fourth-order valence-electron chi connectivity index (χ4n) is 0.380. The van der Waals surface area contributed by atoms with Crippen molar-refractivity contribution in [2.75, 3.05) is 11.2 Å². The minimum absolute atomic E-state index is 0.0920. The Morgan fingerprint density at radius 1 is 1.60 bits per heavy atom. The number of nitrogen functional groups attached to an aromatic ring is 1. The highest BCUT2D eigenvalue weighted by atomic mass is 16.6. The number of hydrazine groups is 1. The van der Waals surface area contributed by atoms with Crippen molar-refractivity contribution in [3.05, 3.63) is 0 Å². The fourth-order valence-corrected chi connectivity index (χ4v) is 0.380. The first-order valence-corrected chi connectivity index (χ1v) is 2.38. The van der Waals surface area contributed by atoms with E-state index in [2.05, 4.69) is 25.8 Å². The predicted molar refractivity (Wildman–Crippen MR) is 31.5 cm³/mol. The summed E-state index contributed by atoms with van der Waals surface area (Å²) in [6, 6.07) is 0. The third kappa shape index (κ3) is 1.13. The van der Waals surface area contributed by atoms with Crippen molar-refractivity contribution < 1.29 is 9.42 Å². The van der Waals surface area contributed by atoms with Crippen LogP contribution in [-0.2, 0) is 4.79 Å². The molecule has 1 rings (SSSR count). The van der Waals surface area contributed by atoms with Crippen LogP contribution < -0.4 is 16.6 Å². The molecule has 0 saturated heterocycles. The molecule has 0 fully saturated rings. The molecule has 1 aromatic heterocycles. The number of anilines is 2. The molecule has 0 unspecified atom stereocenters. The topological polar surface area (TPSA) is 106 Å². The first-order valence-electron chi connectivity index (χ1n) is 2.38. The number of aromatic nitrogens is 2. The van der Waals surface area contributed by atoms with Crippen LogP contribution in [0.15, 0.2) is 4.63 Å². The van der Waals surface area contributed by atoms with Crippen molar-refractivity contribution in [2.24, 2.45) is 0 Å². The Hall–Kier alpha value is -1.79. The zero-order chi connectivity index (χ0) is 7.40. The Bertz CT molecular complexity index is 220. The summed E-state index contributed by atoms with van der Waals surface area (Å²) in [5, 5.41) is 6.55. The molecule has 0 saturated carbocycles. The van der Waals surface area contributed by atoms with Crippen LogP contribution in [0.4, 0.5) is 11.6 Å². The highest BCUT2D eigenvalue weighted by molar-refractivity contribution is 5.57. The van der Waals surface area contributed by atoms with Gasteiger partial charge in [-0.3, -0.25) is 15.6 Å². The van der Waals surface area contributed by atoms with Crippen molar-refractivity contribution in [1.82, 2.24) is 15.7 Å². The number of hydrogen-bond acceptors (Lipinski definition) is 6. The molecule has 0 aliphatic carbocycles. The van der Waals surface area contributed by atoms with Gasteiger partial charge in [0.2, 0.25) is 18.0 Å². The van der Waals surface area contributed by atoms with Crippen LogP contribution >= 0.6 is 0 Å². The Labute approximate surface area is 55.5 Å². The van der Waals surface area contributed by atoms with E-state index in [9.17, 15) is 4.79 Å². The zero-order valence-electron chi connectivity index (χ0n) is 4.87. The molecule has 0 radical (unpaired) electrons. The van der Waals surface area contributed by atoms with Crippen LogP contribution in [-0.4, -0.2) is 16.7 Å². The van der Waals surface area contributed by atoms with Gasteiger partial charge in [0, 0.05) is 0 Å². The van der Waals surface area contributed by atoms with Gasteiger partial charge < -0.3 is 5.73 Å². The van der Waals surface area contributed by atoms with E-state index in [1.54, 1.807) is 0 Å². The molecule has 0 aromatic carbocycles. The van der Waals surface area contributed by atoms with Crippen LogP contribution in [0.3, 0.4) is 0 Å². The number of carbonyl (C=O) groups excluding carboxylic acids is 1. The number of rotatable bonds is 3. The molecular weight excluding hydrogens is 138 g/mol. The Morgan fingerprint density at radius 2 is 2.40 bits per heavy atom. The van der Waals surface area contributed by atoms with E-state index in [1.165, 1.54) is 0 Å². The van der Waals surface area contributed by atoms with Gasteiger partial charge >= 0.3 is 0 Å². The summed E-state index contributed by atoms with van der Waals surface area (Å²) in [7, 11) is 0. The van der Waals surface area contributed by atoms with E-state index in [4.69, 9.17) is 5.73 Å². The van der Waals surface area contributed by atoms with Crippen LogP contribution in [0, 0.1) is 0 Å². The van der Waals surface area contributed by atoms with Crippen LogP contribution in [0.25, 0.3) is 0 Å². The lowest BCUT2D eigenvalue weighted by Crippen LogP contribution is -2.19. The van der Waals surface area contributed by atoms with E-state index in [-0.39, 0.29) is 11.6 Å². The minimum atomic E-state index is 0.0920. The third-order valence-corrected chi connectivity index (χ3v) is 0.763. The lowest BCUT2D eigenvalue weighted by atomic mass is 10.7. The maximum absolute atomic E-state index is 9.72. The second-order valence-corrected chi connectivity index (χ2v) is 1.39. The molecule has 54 valence electrons. The summed E-state index contributed by atoms with van der Waals surface area (Å²) in [6.45, 7) is 0. The predicted octanol–water partition coefficient (Wildman–Crippen LogP) is -1.28. The number of hydrogen-bond donors (Lipinski definition) is 3.